The minimum Gasteiger partial charge on any atom is -0.460 e. The molecule has 4 aliphatic carbocycles. The topological polar surface area (TPSA) is 143 Å². The maximum atomic E-state index is 12.6. The molecule has 1 spiro atoms. The number of ether oxygens (including phenoxy) is 3. The molecule has 9 nitrogen and oxygen atoms in total. The van der Waals surface area contributed by atoms with Crippen molar-refractivity contribution in [1.82, 2.24) is 0 Å². The highest BCUT2D eigenvalue weighted by molar-refractivity contribution is 5.75. The van der Waals surface area contributed by atoms with Gasteiger partial charge in [0.05, 0.1) is 12.7 Å². The van der Waals surface area contributed by atoms with E-state index in [-0.39, 0.29) is 35.1 Å². The Balaban J connectivity index is 1.10. The van der Waals surface area contributed by atoms with E-state index in [1.165, 1.54) is 25.7 Å². The fourth-order valence-electron chi connectivity index (χ4n) is 11.2. The highest BCUT2D eigenvalue weighted by Gasteiger charge is 2.69. The molecule has 2 heterocycles. The molecule has 0 bridgehead atoms. The molecule has 2 saturated heterocycles. The standard InChI is InChI=1S/C33H52O9/c1-17-7-12-33(40-16-17)18(2)26-25(42-33)14-23-21-6-5-19-13-20(8-10-31(19,3)22(21)9-11-32(23,26)4)41-30(39)29(38)28(37)27(36)24(35)15-34/h15,17-29,35-38H,5-14,16H2,1-4H3/t17-,18+,19+,20+,21-,22+,23+,24+,25+,26+,27-,28+,29+,31+,32+,33-/m1/s1. The van der Waals surface area contributed by atoms with E-state index in [9.17, 15) is 30.0 Å². The van der Waals surface area contributed by atoms with Crippen LogP contribution in [-0.4, -0.2) is 81.7 Å². The van der Waals surface area contributed by atoms with Gasteiger partial charge in [-0.1, -0.05) is 27.7 Å². The lowest BCUT2D eigenvalue weighted by Gasteiger charge is -2.61. The van der Waals surface area contributed by atoms with Crippen molar-refractivity contribution in [3.05, 3.63) is 0 Å². The van der Waals surface area contributed by atoms with Crippen LogP contribution in [0, 0.1) is 52.3 Å². The summed E-state index contributed by atoms with van der Waals surface area (Å²) >= 11 is 0. The molecule has 0 aromatic rings. The van der Waals surface area contributed by atoms with Crippen LogP contribution in [0.15, 0.2) is 0 Å². The lowest BCUT2D eigenvalue weighted by Crippen LogP contribution is -2.55. The van der Waals surface area contributed by atoms with Crippen molar-refractivity contribution in [2.24, 2.45) is 52.3 Å². The van der Waals surface area contributed by atoms with Crippen molar-refractivity contribution in [3.63, 3.8) is 0 Å². The lowest BCUT2D eigenvalue weighted by molar-refractivity contribution is -0.273. The molecule has 6 rings (SSSR count). The van der Waals surface area contributed by atoms with Crippen LogP contribution in [0.3, 0.4) is 0 Å². The van der Waals surface area contributed by atoms with Gasteiger partial charge in [-0.05, 0) is 104 Å². The monoisotopic (exact) mass is 592 g/mol. The fraction of sp³-hybridized carbons (Fsp3) is 0.939. The first kappa shape index (κ1) is 30.9. The summed E-state index contributed by atoms with van der Waals surface area (Å²) in [6.45, 7) is 10.5. The van der Waals surface area contributed by atoms with Crippen molar-refractivity contribution in [3.8, 4) is 0 Å². The van der Waals surface area contributed by atoms with E-state index in [4.69, 9.17) is 14.2 Å². The molecule has 16 atom stereocenters. The van der Waals surface area contributed by atoms with Gasteiger partial charge in [0, 0.05) is 12.3 Å². The zero-order chi connectivity index (χ0) is 30.2. The Morgan fingerprint density at radius 3 is 2.33 bits per heavy atom. The molecule has 4 saturated carbocycles. The average molecular weight is 593 g/mol. The maximum Gasteiger partial charge on any atom is 0.338 e. The van der Waals surface area contributed by atoms with Gasteiger partial charge in [-0.15, -0.1) is 0 Å². The molecule has 2 aliphatic heterocycles. The second-order valence-electron chi connectivity index (χ2n) is 15.6. The zero-order valence-corrected chi connectivity index (χ0v) is 25.7. The molecule has 0 unspecified atom stereocenters. The number of rotatable bonds is 6. The van der Waals surface area contributed by atoms with Gasteiger partial charge in [-0.3, -0.25) is 0 Å². The minimum atomic E-state index is -2.04. The fourth-order valence-corrected chi connectivity index (χ4v) is 11.2. The van der Waals surface area contributed by atoms with Crippen LogP contribution < -0.4 is 0 Å². The Bertz CT molecular complexity index is 1030. The van der Waals surface area contributed by atoms with E-state index in [1.54, 1.807) is 0 Å². The molecule has 6 aliphatic rings. The van der Waals surface area contributed by atoms with Crippen LogP contribution in [0.1, 0.15) is 91.9 Å². The Morgan fingerprint density at radius 2 is 1.64 bits per heavy atom. The van der Waals surface area contributed by atoms with Crippen molar-refractivity contribution >= 4 is 12.3 Å². The highest BCUT2D eigenvalue weighted by atomic mass is 16.7. The van der Waals surface area contributed by atoms with Crippen molar-refractivity contribution in [2.45, 2.75) is 134 Å². The molecule has 0 aromatic heterocycles. The van der Waals surface area contributed by atoms with Crippen LogP contribution in [0.25, 0.3) is 0 Å². The van der Waals surface area contributed by atoms with Crippen LogP contribution in [-0.2, 0) is 23.8 Å². The molecule has 42 heavy (non-hydrogen) atoms. The third-order valence-electron chi connectivity index (χ3n) is 13.6. The van der Waals surface area contributed by atoms with Gasteiger partial charge in [0.15, 0.2) is 18.2 Å². The van der Waals surface area contributed by atoms with Crippen molar-refractivity contribution in [2.75, 3.05) is 6.61 Å². The van der Waals surface area contributed by atoms with E-state index in [2.05, 4.69) is 27.7 Å². The SMILES string of the molecule is C[C@@H]1CC[C@@]2(OC1)O[C@H]1C[C@H]3[C@@H]4CC[C@H]5C[C@@H](OC(=O)[C@@H](O)[C@@H](O)[C@H](O)[C@@H](O)C=O)CC[C@]5(C)[C@H]4CC[C@]3(C)[C@H]1[C@@H]2C. The summed E-state index contributed by atoms with van der Waals surface area (Å²) in [5.74, 6) is 2.53. The molecule has 0 radical (unpaired) electrons. The van der Waals surface area contributed by atoms with E-state index >= 15 is 0 Å². The predicted molar refractivity (Wildman–Crippen MR) is 152 cm³/mol. The first-order valence-corrected chi connectivity index (χ1v) is 16.5. The summed E-state index contributed by atoms with van der Waals surface area (Å²) in [6.07, 6.45) is 2.43. The number of aldehydes is 1. The maximum absolute atomic E-state index is 12.6. The molecule has 4 N–H and O–H groups in total. The normalized spacial score (nSPS) is 50.9. The molecular weight excluding hydrogens is 540 g/mol. The summed E-state index contributed by atoms with van der Waals surface area (Å²) in [6, 6.07) is 0. The molecule has 6 fully saturated rings. The molecule has 0 aromatic carbocycles. The number of fused-ring (bicyclic) bond motifs is 7. The summed E-state index contributed by atoms with van der Waals surface area (Å²) in [5.41, 5.74) is 0.444. The van der Waals surface area contributed by atoms with Crippen LogP contribution in [0.5, 0.6) is 0 Å². The second-order valence-corrected chi connectivity index (χ2v) is 15.6. The summed E-state index contributed by atoms with van der Waals surface area (Å²) in [5, 5.41) is 39.6. The molecule has 9 heteroatoms. The van der Waals surface area contributed by atoms with E-state index in [1.807, 2.05) is 0 Å². The van der Waals surface area contributed by atoms with Gasteiger partial charge in [0.25, 0.3) is 0 Å². The van der Waals surface area contributed by atoms with Gasteiger partial charge in [0.1, 0.15) is 24.4 Å². The van der Waals surface area contributed by atoms with Crippen LogP contribution in [0.4, 0.5) is 0 Å². The van der Waals surface area contributed by atoms with E-state index in [0.29, 0.717) is 47.8 Å². The predicted octanol–water partition coefficient (Wildman–Crippen LogP) is 2.99. The third kappa shape index (κ3) is 4.71. The number of hydrogen-bond donors (Lipinski definition) is 4. The number of esters is 1. The first-order valence-electron chi connectivity index (χ1n) is 16.5. The van der Waals surface area contributed by atoms with E-state index < -0.39 is 30.4 Å². The van der Waals surface area contributed by atoms with Gasteiger partial charge in [-0.2, -0.15) is 0 Å². The third-order valence-corrected chi connectivity index (χ3v) is 13.6. The molecular formula is C33H52O9. The number of aliphatic hydroxyl groups excluding tert-OH is 4. The van der Waals surface area contributed by atoms with Crippen molar-refractivity contribution in [1.29, 1.82) is 0 Å². The van der Waals surface area contributed by atoms with Crippen LogP contribution >= 0.6 is 0 Å². The number of carbonyl (C=O) groups excluding carboxylic acids is 2. The Kier molecular flexibility index (Phi) is 8.14. The van der Waals surface area contributed by atoms with Gasteiger partial charge < -0.3 is 39.4 Å². The largest absolute Gasteiger partial charge is 0.460 e. The smallest absolute Gasteiger partial charge is 0.338 e. The minimum absolute atomic E-state index is 0.0473. The van der Waals surface area contributed by atoms with Gasteiger partial charge >= 0.3 is 5.97 Å². The lowest BCUT2D eigenvalue weighted by atomic mass is 9.44. The number of carbonyl (C=O) groups is 2. The quantitative estimate of drug-likeness (QED) is 0.270. The van der Waals surface area contributed by atoms with Crippen molar-refractivity contribution < 1.29 is 44.2 Å². The first-order chi connectivity index (χ1) is 19.8. The highest BCUT2D eigenvalue weighted by Crippen LogP contribution is 2.71. The van der Waals surface area contributed by atoms with E-state index in [0.717, 1.165) is 38.7 Å². The number of hydrogen-bond acceptors (Lipinski definition) is 9. The van der Waals surface area contributed by atoms with Gasteiger partial charge in [0.2, 0.25) is 0 Å². The van der Waals surface area contributed by atoms with Crippen LogP contribution in [0.2, 0.25) is 0 Å². The zero-order valence-electron chi connectivity index (χ0n) is 25.7. The summed E-state index contributed by atoms with van der Waals surface area (Å²) in [4.78, 5) is 23.3. The summed E-state index contributed by atoms with van der Waals surface area (Å²) in [7, 11) is 0. The Labute approximate surface area is 249 Å². The number of aliphatic hydroxyl groups is 4. The second kappa shape index (κ2) is 11.1. The molecule has 238 valence electrons. The molecule has 0 amide bonds. The Morgan fingerprint density at radius 1 is 0.905 bits per heavy atom. The average Bonchev–Trinajstić information content (AvgIpc) is 3.42. The van der Waals surface area contributed by atoms with Gasteiger partial charge in [-0.25, -0.2) is 4.79 Å². The Hall–Kier alpha value is -1.10. The summed E-state index contributed by atoms with van der Waals surface area (Å²) < 4.78 is 19.0.